The maximum absolute atomic E-state index is 10.8. The minimum Gasteiger partial charge on any atom is -0.210 e. The van der Waals surface area contributed by atoms with E-state index < -0.39 is 15.4 Å². The van der Waals surface area contributed by atoms with Gasteiger partial charge in [0, 0.05) is 0 Å². The highest BCUT2D eigenvalue weighted by Crippen LogP contribution is 2.30. The van der Waals surface area contributed by atoms with Gasteiger partial charge in [0.05, 0.1) is 0 Å². The molecule has 0 bridgehead atoms. The summed E-state index contributed by atoms with van der Waals surface area (Å²) in [5.74, 6) is 0. The van der Waals surface area contributed by atoms with Crippen molar-refractivity contribution in [2.24, 2.45) is 0 Å². The van der Waals surface area contributed by atoms with Crippen LogP contribution in [-0.4, -0.2) is 8.42 Å². The molecule has 1 aromatic carbocycles. The summed E-state index contributed by atoms with van der Waals surface area (Å²) in [7, 11) is -2.96. The van der Waals surface area contributed by atoms with Gasteiger partial charge in [-0.1, -0.05) is 30.3 Å². The molecule has 0 radical (unpaired) electrons. The van der Waals surface area contributed by atoms with E-state index in [-0.39, 0.29) is 0 Å². The van der Waals surface area contributed by atoms with Gasteiger partial charge in [0.25, 0.3) is 0 Å². The molecule has 0 saturated carbocycles. The van der Waals surface area contributed by atoms with E-state index in [9.17, 15) is 8.42 Å². The predicted molar refractivity (Wildman–Crippen MR) is 41.2 cm³/mol. The fourth-order valence-corrected chi connectivity index (χ4v) is 2.13. The Morgan fingerprint density at radius 3 is 2.18 bits per heavy atom. The molecule has 58 valence electrons. The van der Waals surface area contributed by atoms with Crippen molar-refractivity contribution in [2.45, 2.75) is 5.37 Å². The summed E-state index contributed by atoms with van der Waals surface area (Å²) >= 11 is 0. The van der Waals surface area contributed by atoms with E-state index >= 15 is 0 Å². The van der Waals surface area contributed by atoms with Gasteiger partial charge in [0.1, 0.15) is 0 Å². The minimum atomic E-state index is -2.96. The topological polar surface area (TPSA) is 56.1 Å². The summed E-state index contributed by atoms with van der Waals surface area (Å²) in [6.07, 6.45) is 0. The van der Waals surface area contributed by atoms with Crippen LogP contribution in [-0.2, 0) is 10.0 Å². The van der Waals surface area contributed by atoms with E-state index in [4.69, 9.17) is 0 Å². The zero-order valence-corrected chi connectivity index (χ0v) is 6.51. The predicted octanol–water partition coefficient (Wildman–Crippen LogP) is 0.618. The Labute approximate surface area is 65.1 Å². The van der Waals surface area contributed by atoms with E-state index in [1.165, 1.54) is 0 Å². The number of benzene rings is 1. The van der Waals surface area contributed by atoms with Gasteiger partial charge in [0.15, 0.2) is 5.37 Å². The molecule has 1 saturated heterocycles. The SMILES string of the molecule is O=S1(=O)NC1c1ccccc1. The zero-order valence-electron chi connectivity index (χ0n) is 5.69. The molecule has 1 heterocycles. The summed E-state index contributed by atoms with van der Waals surface area (Å²) in [5, 5.41) is -0.455. The highest BCUT2D eigenvalue weighted by Gasteiger charge is 2.43. The van der Waals surface area contributed by atoms with E-state index in [0.717, 1.165) is 5.56 Å². The molecule has 4 heteroatoms. The molecule has 0 aliphatic carbocycles. The lowest BCUT2D eigenvalue weighted by Crippen LogP contribution is -1.81. The van der Waals surface area contributed by atoms with Gasteiger partial charge in [-0.15, -0.1) is 0 Å². The third-order valence-corrected chi connectivity index (χ3v) is 2.95. The monoisotopic (exact) mass is 169 g/mol. The van der Waals surface area contributed by atoms with Crippen LogP contribution in [0.4, 0.5) is 0 Å². The Hall–Kier alpha value is -0.870. The lowest BCUT2D eigenvalue weighted by atomic mass is 10.2. The average Bonchev–Trinajstić information content (AvgIpc) is 2.62. The van der Waals surface area contributed by atoms with Gasteiger partial charge in [-0.05, 0) is 5.56 Å². The van der Waals surface area contributed by atoms with E-state index in [0.29, 0.717) is 0 Å². The van der Waals surface area contributed by atoms with Crippen LogP contribution in [0.2, 0.25) is 0 Å². The van der Waals surface area contributed by atoms with Gasteiger partial charge < -0.3 is 0 Å². The van der Waals surface area contributed by atoms with Crippen LogP contribution in [0.15, 0.2) is 30.3 Å². The van der Waals surface area contributed by atoms with Crippen molar-refractivity contribution in [2.75, 3.05) is 0 Å². The minimum absolute atomic E-state index is 0.455. The van der Waals surface area contributed by atoms with E-state index in [1.54, 1.807) is 12.1 Å². The Morgan fingerprint density at radius 2 is 1.73 bits per heavy atom. The molecule has 1 N–H and O–H groups in total. The largest absolute Gasteiger partial charge is 0.234 e. The Balaban J connectivity index is 2.35. The highest BCUT2D eigenvalue weighted by atomic mass is 32.2. The van der Waals surface area contributed by atoms with Crippen LogP contribution in [0, 0.1) is 0 Å². The molecule has 0 aromatic heterocycles. The molecule has 0 spiro atoms. The van der Waals surface area contributed by atoms with E-state index in [1.807, 2.05) is 18.2 Å². The third-order valence-electron chi connectivity index (χ3n) is 1.63. The number of nitrogens with one attached hydrogen (secondary N) is 1. The molecule has 1 aliphatic rings. The first-order chi connectivity index (χ1) is 5.20. The normalized spacial score (nSPS) is 26.4. The lowest BCUT2D eigenvalue weighted by Gasteiger charge is -1.89. The van der Waals surface area contributed by atoms with Crippen molar-refractivity contribution in [3.8, 4) is 0 Å². The van der Waals surface area contributed by atoms with Gasteiger partial charge in [-0.2, -0.15) is 4.72 Å². The fraction of sp³-hybridized carbons (Fsp3) is 0.143. The molecule has 0 amide bonds. The lowest BCUT2D eigenvalue weighted by molar-refractivity contribution is 0.611. The quantitative estimate of drug-likeness (QED) is 0.626. The standard InChI is InChI=1S/C7H7NO2S/c9-11(10)7(8-11)6-4-2-1-3-5-6/h1-5,7-8H. The molecule has 1 aromatic rings. The summed E-state index contributed by atoms with van der Waals surface area (Å²) in [4.78, 5) is 0. The Bertz CT molecular complexity index is 357. The smallest absolute Gasteiger partial charge is 0.210 e. The summed E-state index contributed by atoms with van der Waals surface area (Å²) in [5.41, 5.74) is 0.813. The molecule has 1 atom stereocenters. The highest BCUT2D eigenvalue weighted by molar-refractivity contribution is 7.96. The van der Waals surface area contributed by atoms with Gasteiger partial charge in [-0.3, -0.25) is 0 Å². The van der Waals surface area contributed by atoms with Crippen LogP contribution in [0.5, 0.6) is 0 Å². The number of rotatable bonds is 1. The molecule has 1 fully saturated rings. The second-order valence-electron chi connectivity index (χ2n) is 2.45. The van der Waals surface area contributed by atoms with Crippen molar-refractivity contribution < 1.29 is 8.42 Å². The van der Waals surface area contributed by atoms with Crippen molar-refractivity contribution >= 4 is 10.0 Å². The molecule has 1 unspecified atom stereocenters. The van der Waals surface area contributed by atoms with Crippen LogP contribution in [0.25, 0.3) is 0 Å². The Morgan fingerprint density at radius 1 is 1.18 bits per heavy atom. The van der Waals surface area contributed by atoms with Crippen LogP contribution < -0.4 is 4.72 Å². The molecule has 11 heavy (non-hydrogen) atoms. The first kappa shape index (κ1) is 6.82. The zero-order chi connectivity index (χ0) is 7.90. The number of hydrogen-bond acceptors (Lipinski definition) is 2. The maximum atomic E-state index is 10.8. The van der Waals surface area contributed by atoms with Crippen molar-refractivity contribution in [1.82, 2.24) is 4.72 Å². The summed E-state index contributed by atoms with van der Waals surface area (Å²) in [6.45, 7) is 0. The molecular weight excluding hydrogens is 162 g/mol. The van der Waals surface area contributed by atoms with Gasteiger partial charge >= 0.3 is 0 Å². The first-order valence-corrected chi connectivity index (χ1v) is 4.81. The summed E-state index contributed by atoms with van der Waals surface area (Å²) < 4.78 is 23.9. The summed E-state index contributed by atoms with van der Waals surface area (Å²) in [6, 6.07) is 9.10. The number of sulfonamides is 1. The molecule has 2 rings (SSSR count). The Kier molecular flexibility index (Phi) is 1.27. The van der Waals surface area contributed by atoms with E-state index in [2.05, 4.69) is 4.72 Å². The van der Waals surface area contributed by atoms with Crippen molar-refractivity contribution in [3.05, 3.63) is 35.9 Å². The third kappa shape index (κ3) is 1.15. The second-order valence-corrected chi connectivity index (χ2v) is 4.25. The van der Waals surface area contributed by atoms with Crippen molar-refractivity contribution in [1.29, 1.82) is 0 Å². The van der Waals surface area contributed by atoms with Gasteiger partial charge in [0.2, 0.25) is 10.0 Å². The molecule has 1 aliphatic heterocycles. The number of hydrogen-bond donors (Lipinski definition) is 1. The van der Waals surface area contributed by atoms with Crippen LogP contribution in [0.3, 0.4) is 0 Å². The van der Waals surface area contributed by atoms with Crippen molar-refractivity contribution in [3.63, 3.8) is 0 Å². The van der Waals surface area contributed by atoms with Gasteiger partial charge in [-0.25, -0.2) is 8.42 Å². The first-order valence-electron chi connectivity index (χ1n) is 3.26. The second kappa shape index (κ2) is 2.06. The molecular formula is C7H7NO2S. The average molecular weight is 169 g/mol. The molecule has 3 nitrogen and oxygen atoms in total. The maximum Gasteiger partial charge on any atom is 0.234 e. The fourth-order valence-electron chi connectivity index (χ4n) is 0.996. The van der Waals surface area contributed by atoms with Crippen LogP contribution >= 0.6 is 0 Å². The van der Waals surface area contributed by atoms with Crippen LogP contribution in [0.1, 0.15) is 10.9 Å².